The van der Waals surface area contributed by atoms with Crippen molar-refractivity contribution in [1.82, 2.24) is 0 Å². The van der Waals surface area contributed by atoms with Gasteiger partial charge in [0.1, 0.15) is 0 Å². The van der Waals surface area contributed by atoms with Crippen molar-refractivity contribution in [1.29, 1.82) is 0 Å². The number of carbonyl (C=O) groups is 1. The first-order valence-corrected chi connectivity index (χ1v) is 6.93. The summed E-state index contributed by atoms with van der Waals surface area (Å²) in [5.41, 5.74) is 7.75. The Balaban J connectivity index is 3.73. The Bertz CT molecular complexity index is 499. The van der Waals surface area contributed by atoms with Gasteiger partial charge in [0.25, 0.3) is 0 Å². The van der Waals surface area contributed by atoms with Crippen LogP contribution in [0.4, 0.5) is 5.69 Å². The molecular weight excluding hydrogens is 258 g/mol. The molecule has 1 aromatic carbocycles. The maximum Gasteiger partial charge on any atom is 0.336 e. The number of aliphatic hydroxyl groups excluding tert-OH is 2. The van der Waals surface area contributed by atoms with E-state index >= 15 is 0 Å². The van der Waals surface area contributed by atoms with Crippen LogP contribution in [0.15, 0.2) is 6.07 Å². The largest absolute Gasteiger partial charge is 0.478 e. The predicted molar refractivity (Wildman–Crippen MR) is 77.7 cm³/mol. The summed E-state index contributed by atoms with van der Waals surface area (Å²) in [6, 6.07) is 1.50. The molecule has 5 N–H and O–H groups in total. The van der Waals surface area contributed by atoms with E-state index in [9.17, 15) is 20.1 Å². The molecule has 0 amide bonds. The van der Waals surface area contributed by atoms with Crippen LogP contribution in [0.1, 0.15) is 72.9 Å². The van der Waals surface area contributed by atoms with Gasteiger partial charge in [-0.15, -0.1) is 0 Å². The van der Waals surface area contributed by atoms with E-state index in [0.29, 0.717) is 36.1 Å². The number of rotatable bonds is 6. The third kappa shape index (κ3) is 2.94. The standard InChI is InChI=1S/C15H23NO4/c1-4-8-7-9(15(19)20)12(10(17)5-2)13(14(8)16)11(18)6-3/h7,10-11,17-18H,4-6,16H2,1-3H3,(H,19,20). The van der Waals surface area contributed by atoms with Gasteiger partial charge in [-0.2, -0.15) is 0 Å². The van der Waals surface area contributed by atoms with Gasteiger partial charge in [-0.3, -0.25) is 0 Å². The molecule has 0 heterocycles. The molecule has 0 saturated heterocycles. The van der Waals surface area contributed by atoms with Crippen LogP contribution in [-0.4, -0.2) is 21.3 Å². The first-order valence-electron chi connectivity index (χ1n) is 6.93. The molecule has 0 fully saturated rings. The molecule has 0 bridgehead atoms. The second-order valence-corrected chi connectivity index (χ2v) is 4.83. The van der Waals surface area contributed by atoms with Gasteiger partial charge in [0, 0.05) is 16.8 Å². The van der Waals surface area contributed by atoms with Gasteiger partial charge in [-0.1, -0.05) is 20.8 Å². The van der Waals surface area contributed by atoms with E-state index in [4.69, 9.17) is 5.73 Å². The molecule has 20 heavy (non-hydrogen) atoms. The highest BCUT2D eigenvalue weighted by atomic mass is 16.4. The van der Waals surface area contributed by atoms with Crippen molar-refractivity contribution in [3.8, 4) is 0 Å². The maximum absolute atomic E-state index is 11.5. The third-order valence-electron chi connectivity index (χ3n) is 3.59. The second kappa shape index (κ2) is 6.72. The van der Waals surface area contributed by atoms with E-state index in [2.05, 4.69) is 0 Å². The minimum atomic E-state index is -1.12. The Kier molecular flexibility index (Phi) is 5.53. The number of aromatic carboxylic acids is 1. The molecule has 0 aliphatic heterocycles. The number of aliphatic hydroxyl groups is 2. The lowest BCUT2D eigenvalue weighted by molar-refractivity contribution is 0.0687. The summed E-state index contributed by atoms with van der Waals surface area (Å²) in [6.07, 6.45) is -0.506. The van der Waals surface area contributed by atoms with Gasteiger partial charge in [-0.25, -0.2) is 4.79 Å². The summed E-state index contributed by atoms with van der Waals surface area (Å²) in [6.45, 7) is 5.41. The van der Waals surface area contributed by atoms with Crippen molar-refractivity contribution in [2.45, 2.75) is 52.2 Å². The first-order chi connectivity index (χ1) is 9.38. The normalized spacial score (nSPS) is 14.1. The molecule has 0 aromatic heterocycles. The molecule has 5 nitrogen and oxygen atoms in total. The molecule has 5 heteroatoms. The van der Waals surface area contributed by atoms with Crippen molar-refractivity contribution in [3.05, 3.63) is 28.3 Å². The highest BCUT2D eigenvalue weighted by Crippen LogP contribution is 2.37. The predicted octanol–water partition coefficient (Wildman–Crippen LogP) is 2.42. The van der Waals surface area contributed by atoms with Crippen LogP contribution in [0.2, 0.25) is 0 Å². The summed E-state index contributed by atoms with van der Waals surface area (Å²) in [4.78, 5) is 11.5. The lowest BCUT2D eigenvalue weighted by Crippen LogP contribution is -2.16. The number of benzene rings is 1. The summed E-state index contributed by atoms with van der Waals surface area (Å²) >= 11 is 0. The van der Waals surface area contributed by atoms with Gasteiger partial charge < -0.3 is 21.1 Å². The Hall–Kier alpha value is -1.59. The molecule has 0 aliphatic carbocycles. The van der Waals surface area contributed by atoms with E-state index < -0.39 is 18.2 Å². The monoisotopic (exact) mass is 281 g/mol. The zero-order valence-corrected chi connectivity index (χ0v) is 12.2. The minimum Gasteiger partial charge on any atom is -0.478 e. The Morgan fingerprint density at radius 3 is 2.05 bits per heavy atom. The van der Waals surface area contributed by atoms with Crippen LogP contribution in [0.3, 0.4) is 0 Å². The van der Waals surface area contributed by atoms with Crippen LogP contribution in [0.25, 0.3) is 0 Å². The van der Waals surface area contributed by atoms with Gasteiger partial charge >= 0.3 is 5.97 Å². The van der Waals surface area contributed by atoms with Gasteiger partial charge in [0.05, 0.1) is 17.8 Å². The molecule has 1 aromatic rings. The maximum atomic E-state index is 11.5. The number of hydrogen-bond acceptors (Lipinski definition) is 4. The Labute approximate surface area is 119 Å². The van der Waals surface area contributed by atoms with Crippen molar-refractivity contribution in [2.24, 2.45) is 0 Å². The van der Waals surface area contributed by atoms with E-state index in [-0.39, 0.29) is 11.1 Å². The average molecular weight is 281 g/mol. The fraction of sp³-hybridized carbons (Fsp3) is 0.533. The number of nitrogens with two attached hydrogens (primary N) is 1. The van der Waals surface area contributed by atoms with Gasteiger partial charge in [0.2, 0.25) is 0 Å². The smallest absolute Gasteiger partial charge is 0.336 e. The molecule has 2 unspecified atom stereocenters. The fourth-order valence-corrected chi connectivity index (χ4v) is 2.39. The molecular formula is C15H23NO4. The molecule has 2 atom stereocenters. The van der Waals surface area contributed by atoms with Crippen LogP contribution < -0.4 is 5.73 Å². The van der Waals surface area contributed by atoms with E-state index in [0.717, 1.165) is 0 Å². The summed E-state index contributed by atoms with van der Waals surface area (Å²) in [7, 11) is 0. The number of carboxylic acids is 1. The van der Waals surface area contributed by atoms with Crippen LogP contribution in [-0.2, 0) is 6.42 Å². The van der Waals surface area contributed by atoms with E-state index in [1.54, 1.807) is 13.8 Å². The highest BCUT2D eigenvalue weighted by molar-refractivity contribution is 5.91. The molecule has 0 aliphatic rings. The van der Waals surface area contributed by atoms with Gasteiger partial charge in [-0.05, 0) is 30.9 Å². The summed E-state index contributed by atoms with van der Waals surface area (Å²) < 4.78 is 0. The first kappa shape index (κ1) is 16.5. The second-order valence-electron chi connectivity index (χ2n) is 4.83. The number of hydrogen-bond donors (Lipinski definition) is 4. The summed E-state index contributed by atoms with van der Waals surface area (Å²) in [5, 5.41) is 29.7. The Morgan fingerprint density at radius 1 is 1.15 bits per heavy atom. The third-order valence-corrected chi connectivity index (χ3v) is 3.59. The number of anilines is 1. The van der Waals surface area contributed by atoms with Crippen LogP contribution in [0, 0.1) is 0 Å². The minimum absolute atomic E-state index is 0.0212. The number of aryl methyl sites for hydroxylation is 1. The summed E-state index contributed by atoms with van der Waals surface area (Å²) in [5.74, 6) is -1.12. The van der Waals surface area contributed by atoms with Gasteiger partial charge in [0.15, 0.2) is 0 Å². The van der Waals surface area contributed by atoms with Crippen LogP contribution in [0.5, 0.6) is 0 Å². The molecule has 1 rings (SSSR count). The van der Waals surface area contributed by atoms with Crippen molar-refractivity contribution in [3.63, 3.8) is 0 Å². The zero-order valence-electron chi connectivity index (χ0n) is 12.2. The van der Waals surface area contributed by atoms with E-state index in [1.807, 2.05) is 6.92 Å². The lowest BCUT2D eigenvalue weighted by atomic mass is 9.87. The molecule has 0 saturated carbocycles. The SMILES string of the molecule is CCc1cc(C(=O)O)c(C(O)CC)c(C(O)CC)c1N. The fourth-order valence-electron chi connectivity index (χ4n) is 2.39. The molecule has 0 radical (unpaired) electrons. The number of nitrogen functional groups attached to an aromatic ring is 1. The average Bonchev–Trinajstić information content (AvgIpc) is 2.44. The van der Waals surface area contributed by atoms with E-state index in [1.165, 1.54) is 6.07 Å². The van der Waals surface area contributed by atoms with Crippen molar-refractivity contribution in [2.75, 3.05) is 5.73 Å². The molecule has 112 valence electrons. The highest BCUT2D eigenvalue weighted by Gasteiger charge is 2.26. The molecule has 0 spiro atoms. The number of carboxylic acid groups (broad SMARTS) is 1. The zero-order chi connectivity index (χ0) is 15.4. The van der Waals surface area contributed by atoms with Crippen LogP contribution >= 0.6 is 0 Å². The van der Waals surface area contributed by atoms with Crippen molar-refractivity contribution < 1.29 is 20.1 Å². The quantitative estimate of drug-likeness (QED) is 0.599. The lowest BCUT2D eigenvalue weighted by Gasteiger charge is -2.24. The topological polar surface area (TPSA) is 104 Å². The van der Waals surface area contributed by atoms with Crippen molar-refractivity contribution >= 4 is 11.7 Å². The Morgan fingerprint density at radius 2 is 1.65 bits per heavy atom.